The van der Waals surface area contributed by atoms with Gasteiger partial charge in [0.2, 0.25) is 10.0 Å². The van der Waals surface area contributed by atoms with Crippen LogP contribution < -0.4 is 4.74 Å². The number of hydrogen-bond donors (Lipinski definition) is 1. The van der Waals surface area contributed by atoms with Gasteiger partial charge in [-0.3, -0.25) is 0 Å². The van der Waals surface area contributed by atoms with E-state index in [-0.39, 0.29) is 10.1 Å². The van der Waals surface area contributed by atoms with Crippen molar-refractivity contribution in [1.29, 1.82) is 0 Å². The Morgan fingerprint density at radius 2 is 1.70 bits per heavy atom. The first-order valence-electron chi connectivity index (χ1n) is 7.29. The molecule has 2 aromatic carbocycles. The molecule has 4 nitrogen and oxygen atoms in total. The topological polar surface area (TPSA) is 46.6 Å². The van der Waals surface area contributed by atoms with E-state index < -0.39 is 10.0 Å². The molecule has 0 aliphatic rings. The van der Waals surface area contributed by atoms with Crippen LogP contribution >= 0.6 is 12.6 Å². The fourth-order valence-corrected chi connectivity index (χ4v) is 4.05. The number of thiol groups is 1. The van der Waals surface area contributed by atoms with Gasteiger partial charge in [0, 0.05) is 18.3 Å². The third kappa shape index (κ3) is 4.73. The Labute approximate surface area is 143 Å². The van der Waals surface area contributed by atoms with Crippen LogP contribution in [0.15, 0.2) is 59.5 Å². The smallest absolute Gasteiger partial charge is 0.243 e. The van der Waals surface area contributed by atoms with Crippen molar-refractivity contribution >= 4 is 22.7 Å². The molecular weight excluding hydrogens is 330 g/mol. The van der Waals surface area contributed by atoms with Gasteiger partial charge in [-0.05, 0) is 29.8 Å². The zero-order chi connectivity index (χ0) is 16.9. The maximum absolute atomic E-state index is 12.9. The normalized spacial score (nSPS) is 13.0. The molecule has 0 saturated heterocycles. The van der Waals surface area contributed by atoms with Crippen LogP contribution in [0.3, 0.4) is 0 Å². The standard InChI is InChI=1S/C17H21NO3S2/c1-14(22)12-18(13-15-6-4-3-5-7-15)23(19,20)17-10-8-16(21-2)9-11-17/h3-11,14,22H,12-13H2,1-2H3. The molecule has 6 heteroatoms. The largest absolute Gasteiger partial charge is 0.497 e. The van der Waals surface area contributed by atoms with E-state index in [1.165, 1.54) is 4.31 Å². The van der Waals surface area contributed by atoms with Gasteiger partial charge >= 0.3 is 0 Å². The third-order valence-electron chi connectivity index (χ3n) is 3.37. The maximum atomic E-state index is 12.9. The first-order chi connectivity index (χ1) is 10.9. The molecule has 0 amide bonds. The van der Waals surface area contributed by atoms with E-state index >= 15 is 0 Å². The quantitative estimate of drug-likeness (QED) is 0.779. The molecule has 1 unspecified atom stereocenters. The highest BCUT2D eigenvalue weighted by atomic mass is 32.2. The molecule has 124 valence electrons. The van der Waals surface area contributed by atoms with Gasteiger partial charge in [-0.15, -0.1) is 0 Å². The van der Waals surface area contributed by atoms with Crippen molar-refractivity contribution in [3.05, 3.63) is 60.2 Å². The van der Waals surface area contributed by atoms with Gasteiger partial charge in [-0.25, -0.2) is 8.42 Å². The van der Waals surface area contributed by atoms with E-state index in [1.54, 1.807) is 31.4 Å². The molecule has 0 heterocycles. The lowest BCUT2D eigenvalue weighted by Gasteiger charge is -2.24. The Hall–Kier alpha value is -1.50. The van der Waals surface area contributed by atoms with Gasteiger partial charge in [-0.2, -0.15) is 16.9 Å². The van der Waals surface area contributed by atoms with Gasteiger partial charge in [0.1, 0.15) is 5.75 Å². The monoisotopic (exact) mass is 351 g/mol. The Morgan fingerprint density at radius 3 is 2.22 bits per heavy atom. The Morgan fingerprint density at radius 1 is 1.09 bits per heavy atom. The second-order valence-corrected chi connectivity index (χ2v) is 8.13. The summed E-state index contributed by atoms with van der Waals surface area (Å²) in [6.07, 6.45) is 0. The number of benzene rings is 2. The van der Waals surface area contributed by atoms with Crippen LogP contribution in [0.5, 0.6) is 5.75 Å². The van der Waals surface area contributed by atoms with Crippen molar-refractivity contribution in [2.45, 2.75) is 23.6 Å². The molecule has 0 aliphatic heterocycles. The second kappa shape index (κ2) is 7.86. The molecule has 2 aromatic rings. The number of ether oxygens (including phenoxy) is 1. The molecule has 0 aromatic heterocycles. The number of methoxy groups -OCH3 is 1. The highest BCUT2D eigenvalue weighted by Gasteiger charge is 2.25. The van der Waals surface area contributed by atoms with Crippen molar-refractivity contribution in [2.24, 2.45) is 0 Å². The van der Waals surface area contributed by atoms with Crippen LogP contribution in [0.25, 0.3) is 0 Å². The Bertz CT molecular complexity index is 713. The third-order valence-corrected chi connectivity index (χ3v) is 5.36. The predicted octanol–water partition coefficient (Wildman–Crippen LogP) is 3.20. The van der Waals surface area contributed by atoms with Crippen molar-refractivity contribution in [1.82, 2.24) is 4.31 Å². The van der Waals surface area contributed by atoms with E-state index in [4.69, 9.17) is 4.74 Å². The Balaban J connectivity index is 2.31. The molecule has 0 bridgehead atoms. The Kier molecular flexibility index (Phi) is 6.10. The SMILES string of the molecule is COc1ccc(S(=O)(=O)N(Cc2ccccc2)CC(C)S)cc1. The van der Waals surface area contributed by atoms with Crippen molar-refractivity contribution < 1.29 is 13.2 Å². The first-order valence-corrected chi connectivity index (χ1v) is 9.25. The van der Waals surface area contributed by atoms with E-state index in [1.807, 2.05) is 37.3 Å². The molecule has 2 rings (SSSR count). The van der Waals surface area contributed by atoms with Gasteiger partial charge in [0.05, 0.1) is 12.0 Å². The number of rotatable bonds is 7. The van der Waals surface area contributed by atoms with Gasteiger partial charge < -0.3 is 4.74 Å². The molecule has 0 fully saturated rings. The number of hydrogen-bond acceptors (Lipinski definition) is 4. The maximum Gasteiger partial charge on any atom is 0.243 e. The average molecular weight is 351 g/mol. The molecular formula is C17H21NO3S2. The summed E-state index contributed by atoms with van der Waals surface area (Å²) in [6, 6.07) is 16.0. The van der Waals surface area contributed by atoms with Gasteiger partial charge in [-0.1, -0.05) is 37.3 Å². The zero-order valence-corrected chi connectivity index (χ0v) is 14.9. The van der Waals surface area contributed by atoms with Crippen LogP contribution in [0, 0.1) is 0 Å². The summed E-state index contributed by atoms with van der Waals surface area (Å²) in [5.41, 5.74) is 0.943. The van der Waals surface area contributed by atoms with Crippen molar-refractivity contribution in [3.63, 3.8) is 0 Å². The van der Waals surface area contributed by atoms with Gasteiger partial charge in [0.25, 0.3) is 0 Å². The summed E-state index contributed by atoms with van der Waals surface area (Å²) in [5.74, 6) is 0.626. The first kappa shape index (κ1) is 17.8. The molecule has 23 heavy (non-hydrogen) atoms. The lowest BCUT2D eigenvalue weighted by atomic mass is 10.2. The summed E-state index contributed by atoms with van der Waals surface area (Å²) in [7, 11) is -2.04. The fourth-order valence-electron chi connectivity index (χ4n) is 2.23. The molecule has 0 radical (unpaired) electrons. The summed E-state index contributed by atoms with van der Waals surface area (Å²) in [4.78, 5) is 0.253. The number of nitrogens with zero attached hydrogens (tertiary/aromatic N) is 1. The lowest BCUT2D eigenvalue weighted by Crippen LogP contribution is -2.34. The average Bonchev–Trinajstić information content (AvgIpc) is 2.55. The molecule has 1 atom stereocenters. The molecule has 0 aliphatic carbocycles. The second-order valence-electron chi connectivity index (χ2n) is 5.31. The molecule has 0 saturated carbocycles. The minimum atomic E-state index is -3.59. The van der Waals surface area contributed by atoms with Crippen LogP contribution in [-0.4, -0.2) is 31.6 Å². The van der Waals surface area contributed by atoms with Gasteiger partial charge in [0.15, 0.2) is 0 Å². The van der Waals surface area contributed by atoms with E-state index in [0.717, 1.165) is 5.56 Å². The number of sulfonamides is 1. The fraction of sp³-hybridized carbons (Fsp3) is 0.294. The highest BCUT2D eigenvalue weighted by Crippen LogP contribution is 2.22. The van der Waals surface area contributed by atoms with Crippen LogP contribution in [0.2, 0.25) is 0 Å². The highest BCUT2D eigenvalue weighted by molar-refractivity contribution is 7.89. The van der Waals surface area contributed by atoms with Crippen molar-refractivity contribution in [2.75, 3.05) is 13.7 Å². The zero-order valence-electron chi connectivity index (χ0n) is 13.2. The van der Waals surface area contributed by atoms with E-state index in [9.17, 15) is 8.42 Å². The minimum absolute atomic E-state index is 0.0632. The van der Waals surface area contributed by atoms with E-state index in [0.29, 0.717) is 18.8 Å². The van der Waals surface area contributed by atoms with Crippen LogP contribution in [-0.2, 0) is 16.6 Å². The summed E-state index contributed by atoms with van der Waals surface area (Å²) in [5, 5.41) is -0.0632. The van der Waals surface area contributed by atoms with Crippen molar-refractivity contribution in [3.8, 4) is 5.75 Å². The summed E-state index contributed by atoms with van der Waals surface area (Å²) < 4.78 is 32.4. The lowest BCUT2D eigenvalue weighted by molar-refractivity contribution is 0.408. The summed E-state index contributed by atoms with van der Waals surface area (Å²) in [6.45, 7) is 2.54. The van der Waals surface area contributed by atoms with Crippen LogP contribution in [0.1, 0.15) is 12.5 Å². The summed E-state index contributed by atoms with van der Waals surface area (Å²) >= 11 is 4.35. The molecule has 0 spiro atoms. The minimum Gasteiger partial charge on any atom is -0.497 e. The van der Waals surface area contributed by atoms with Crippen LogP contribution in [0.4, 0.5) is 0 Å². The predicted molar refractivity (Wildman–Crippen MR) is 95.5 cm³/mol. The molecule has 0 N–H and O–H groups in total. The van der Waals surface area contributed by atoms with E-state index in [2.05, 4.69) is 12.6 Å².